The lowest BCUT2D eigenvalue weighted by atomic mass is 9.89. The van der Waals surface area contributed by atoms with E-state index < -0.39 is 60.3 Å². The number of sulfonamides is 1. The van der Waals surface area contributed by atoms with E-state index in [9.17, 15) is 26.9 Å². The minimum atomic E-state index is -4.33. The Bertz CT molecular complexity index is 1730. The third-order valence-corrected chi connectivity index (χ3v) is 8.65. The molecule has 0 spiro atoms. The van der Waals surface area contributed by atoms with Crippen molar-refractivity contribution in [3.8, 4) is 11.8 Å². The fourth-order valence-electron chi connectivity index (χ4n) is 4.34. The van der Waals surface area contributed by atoms with Crippen LogP contribution in [-0.2, 0) is 24.3 Å². The monoisotopic (exact) mass is 581 g/mol. The molecule has 1 aliphatic heterocycles. The summed E-state index contributed by atoms with van der Waals surface area (Å²) in [5.41, 5.74) is 10.3. The van der Waals surface area contributed by atoms with Crippen LogP contribution < -0.4 is 0 Å². The van der Waals surface area contributed by atoms with Crippen molar-refractivity contribution >= 4 is 25.8 Å². The van der Waals surface area contributed by atoms with Crippen molar-refractivity contribution in [1.29, 1.82) is 0 Å². The van der Waals surface area contributed by atoms with Crippen LogP contribution in [0.2, 0.25) is 0 Å². The minimum absolute atomic E-state index is 0.0610. The van der Waals surface area contributed by atoms with Gasteiger partial charge in [0.25, 0.3) is 15.8 Å². The zero-order chi connectivity index (χ0) is 28.9. The number of para-hydroxylation sites is 1. The van der Waals surface area contributed by atoms with Gasteiger partial charge in [0.2, 0.25) is 10.0 Å². The van der Waals surface area contributed by atoms with E-state index in [0.29, 0.717) is 11.1 Å². The zero-order valence-corrected chi connectivity index (χ0v) is 22.7. The minimum Gasteiger partial charge on any atom is -0.266 e. The van der Waals surface area contributed by atoms with Gasteiger partial charge in [-0.15, -0.1) is 0 Å². The van der Waals surface area contributed by atoms with E-state index in [4.69, 9.17) is 9.71 Å². The standard InChI is InChI=1S/C26H23N5O7S2/c1-39(34,35)38-24(17-28-29-27)26(21-15-13-20(14-16-21)12-11-19-7-3-2-4-8-19)23-18-30(23)40(36,37)25-10-6-5-9-22(25)31(32)33/h2-10,13-16,23-24,26H,17-18H2,1H3/t23-,24-,26+,30?/m1/s1. The maximum absolute atomic E-state index is 13.4. The molecule has 12 nitrogen and oxygen atoms in total. The quantitative estimate of drug-likeness (QED) is 0.0512. The molecule has 1 heterocycles. The number of benzene rings is 3. The van der Waals surface area contributed by atoms with Gasteiger partial charge in [0.15, 0.2) is 4.90 Å². The molecular weight excluding hydrogens is 558 g/mol. The van der Waals surface area contributed by atoms with Crippen LogP contribution in [0.15, 0.2) is 88.9 Å². The van der Waals surface area contributed by atoms with Crippen molar-refractivity contribution in [1.82, 2.24) is 4.31 Å². The van der Waals surface area contributed by atoms with Crippen molar-refractivity contribution in [3.05, 3.63) is 116 Å². The first-order valence-corrected chi connectivity index (χ1v) is 15.1. The molecule has 0 amide bonds. The number of nitro groups is 1. The number of nitro benzene ring substituents is 1. The fourth-order valence-corrected chi connectivity index (χ4v) is 6.72. The van der Waals surface area contributed by atoms with E-state index in [2.05, 4.69) is 21.9 Å². The predicted molar refractivity (Wildman–Crippen MR) is 146 cm³/mol. The Morgan fingerprint density at radius 2 is 1.62 bits per heavy atom. The van der Waals surface area contributed by atoms with Crippen molar-refractivity contribution in [3.63, 3.8) is 0 Å². The van der Waals surface area contributed by atoms with Gasteiger partial charge in [-0.05, 0) is 41.4 Å². The molecule has 1 saturated heterocycles. The second kappa shape index (κ2) is 11.9. The lowest BCUT2D eigenvalue weighted by Gasteiger charge is -2.26. The van der Waals surface area contributed by atoms with E-state index in [1.165, 1.54) is 12.1 Å². The van der Waals surface area contributed by atoms with Crippen LogP contribution >= 0.6 is 0 Å². The van der Waals surface area contributed by atoms with Crippen LogP contribution in [0.3, 0.4) is 0 Å². The van der Waals surface area contributed by atoms with Crippen molar-refractivity contribution in [2.75, 3.05) is 19.3 Å². The summed E-state index contributed by atoms with van der Waals surface area (Å²) in [5, 5.41) is 15.0. The van der Waals surface area contributed by atoms with E-state index in [1.807, 2.05) is 30.3 Å². The lowest BCUT2D eigenvalue weighted by molar-refractivity contribution is -0.387. The molecule has 0 saturated carbocycles. The molecule has 1 aliphatic rings. The first kappa shape index (κ1) is 28.8. The van der Waals surface area contributed by atoms with Gasteiger partial charge in [0, 0.05) is 40.6 Å². The highest BCUT2D eigenvalue weighted by Crippen LogP contribution is 2.42. The summed E-state index contributed by atoms with van der Waals surface area (Å²) >= 11 is 0. The Kier molecular flexibility index (Phi) is 8.53. The highest BCUT2D eigenvalue weighted by molar-refractivity contribution is 7.89. The number of nitrogens with zero attached hydrogens (tertiary/aromatic N) is 5. The molecule has 3 aromatic carbocycles. The van der Waals surface area contributed by atoms with Gasteiger partial charge in [0.05, 0.1) is 23.8 Å². The van der Waals surface area contributed by atoms with Crippen molar-refractivity contribution in [2.45, 2.75) is 23.0 Å². The molecule has 40 heavy (non-hydrogen) atoms. The van der Waals surface area contributed by atoms with Gasteiger partial charge in [-0.3, -0.25) is 14.3 Å². The number of hydrogen-bond donors (Lipinski definition) is 0. The summed E-state index contributed by atoms with van der Waals surface area (Å²) in [6.45, 7) is -0.464. The smallest absolute Gasteiger partial charge is 0.266 e. The maximum atomic E-state index is 13.4. The van der Waals surface area contributed by atoms with Gasteiger partial charge in [0.1, 0.15) is 0 Å². The molecule has 0 bridgehead atoms. The van der Waals surface area contributed by atoms with Gasteiger partial charge in [-0.1, -0.05) is 59.4 Å². The van der Waals surface area contributed by atoms with Crippen molar-refractivity contribution < 1.29 is 25.9 Å². The first-order chi connectivity index (χ1) is 19.0. The Morgan fingerprint density at radius 3 is 2.23 bits per heavy atom. The van der Waals surface area contributed by atoms with Gasteiger partial charge in [-0.2, -0.15) is 12.7 Å². The molecule has 0 aliphatic carbocycles. The van der Waals surface area contributed by atoms with Crippen LogP contribution in [0, 0.1) is 22.0 Å². The molecule has 4 rings (SSSR count). The molecule has 0 aromatic heterocycles. The summed E-state index contributed by atoms with van der Waals surface area (Å²) in [6, 6.07) is 20.2. The highest BCUT2D eigenvalue weighted by atomic mass is 32.2. The van der Waals surface area contributed by atoms with Gasteiger partial charge in [-0.25, -0.2) is 8.42 Å². The predicted octanol–water partition coefficient (Wildman–Crippen LogP) is 3.81. The van der Waals surface area contributed by atoms with Crippen LogP contribution in [-0.4, -0.2) is 57.6 Å². The van der Waals surface area contributed by atoms with Crippen LogP contribution in [0.4, 0.5) is 5.69 Å². The van der Waals surface area contributed by atoms with Gasteiger partial charge < -0.3 is 0 Å². The number of rotatable bonds is 10. The normalized spacial score (nSPS) is 17.9. The summed E-state index contributed by atoms with van der Waals surface area (Å²) in [5.74, 6) is 5.17. The Morgan fingerprint density at radius 1 is 1.02 bits per heavy atom. The molecule has 0 radical (unpaired) electrons. The molecule has 3 aromatic rings. The van der Waals surface area contributed by atoms with Crippen molar-refractivity contribution in [2.24, 2.45) is 5.11 Å². The molecule has 0 N–H and O–H groups in total. The highest BCUT2D eigenvalue weighted by Gasteiger charge is 2.53. The third-order valence-electron chi connectivity index (χ3n) is 6.11. The summed E-state index contributed by atoms with van der Waals surface area (Å²) in [6.07, 6.45) is -0.410. The van der Waals surface area contributed by atoms with E-state index >= 15 is 0 Å². The van der Waals surface area contributed by atoms with Crippen LogP contribution in [0.25, 0.3) is 10.4 Å². The Balaban J connectivity index is 1.72. The SMILES string of the molecule is CS(=O)(=O)O[C@H](CN=[N+]=[N-])[C@@H](c1ccc(C#Cc2ccccc2)cc1)[C@H]1CN1S(=O)(=O)c1ccccc1[N+](=O)[O-]. The van der Waals surface area contributed by atoms with E-state index in [0.717, 1.165) is 28.3 Å². The van der Waals surface area contributed by atoms with Crippen LogP contribution in [0.5, 0.6) is 0 Å². The topological polar surface area (TPSA) is 172 Å². The molecule has 4 atom stereocenters. The third kappa shape index (κ3) is 6.84. The Labute approximate surface area is 231 Å². The van der Waals surface area contributed by atoms with Gasteiger partial charge >= 0.3 is 0 Å². The van der Waals surface area contributed by atoms with E-state index in [-0.39, 0.29) is 6.54 Å². The molecule has 1 fully saturated rings. The number of hydrogen-bond acceptors (Lipinski definition) is 8. The average molecular weight is 582 g/mol. The van der Waals surface area contributed by atoms with Crippen LogP contribution in [0.1, 0.15) is 22.6 Å². The molecule has 1 unspecified atom stereocenters. The second-order valence-corrected chi connectivity index (χ2v) is 12.3. The summed E-state index contributed by atoms with van der Waals surface area (Å²) < 4.78 is 57.3. The van der Waals surface area contributed by atoms with E-state index in [1.54, 1.807) is 24.3 Å². The number of azide groups is 1. The molecule has 206 valence electrons. The zero-order valence-electron chi connectivity index (χ0n) is 21.1. The lowest BCUT2D eigenvalue weighted by Crippen LogP contribution is -2.33. The average Bonchev–Trinajstić information content (AvgIpc) is 3.72. The fraction of sp³-hybridized carbons (Fsp3) is 0.231. The maximum Gasteiger partial charge on any atom is 0.289 e. The summed E-state index contributed by atoms with van der Waals surface area (Å²) in [4.78, 5) is 12.9. The molecular formula is C26H23N5O7S2. The Hall–Kier alpha value is -4.25. The largest absolute Gasteiger partial charge is 0.289 e. The first-order valence-electron chi connectivity index (χ1n) is 11.8. The second-order valence-electron chi connectivity index (χ2n) is 8.88. The molecule has 14 heteroatoms. The summed E-state index contributed by atoms with van der Waals surface area (Å²) in [7, 11) is -8.37.